The van der Waals surface area contributed by atoms with Crippen LogP contribution >= 0.6 is 11.6 Å². The maximum Gasteiger partial charge on any atom is 0.295 e. The molecule has 6 heteroatoms. The molecule has 3 nitrogen and oxygen atoms in total. The van der Waals surface area contributed by atoms with E-state index < -0.39 is 17.2 Å². The summed E-state index contributed by atoms with van der Waals surface area (Å²) in [4.78, 5) is 18.1. The Labute approximate surface area is 126 Å². The van der Waals surface area contributed by atoms with Crippen molar-refractivity contribution in [3.05, 3.63) is 40.3 Å². The first kappa shape index (κ1) is 15.9. The zero-order valence-electron chi connectivity index (χ0n) is 11.5. The van der Waals surface area contributed by atoms with E-state index in [2.05, 4.69) is 9.97 Å². The molecule has 0 aliphatic heterocycles. The molecule has 0 radical (unpaired) electrons. The average Bonchev–Trinajstić information content (AvgIpc) is 2.46. The normalized spacial score (nSPS) is 12.0. The van der Waals surface area contributed by atoms with Crippen LogP contribution in [0.5, 0.6) is 0 Å². The second kappa shape index (κ2) is 6.98. The van der Waals surface area contributed by atoms with Crippen molar-refractivity contribution in [2.75, 3.05) is 5.88 Å². The Bertz CT molecular complexity index is 657. The fourth-order valence-corrected chi connectivity index (χ4v) is 2.38. The third-order valence-electron chi connectivity index (χ3n) is 3.32. The van der Waals surface area contributed by atoms with Crippen molar-refractivity contribution in [2.45, 2.75) is 38.0 Å². The Balaban J connectivity index is 2.15. The molecule has 0 fully saturated rings. The van der Waals surface area contributed by atoms with Gasteiger partial charge in [0.1, 0.15) is 0 Å². The Morgan fingerprint density at radius 2 is 1.86 bits per heavy atom. The van der Waals surface area contributed by atoms with Gasteiger partial charge in [0, 0.05) is 12.3 Å². The monoisotopic (exact) mass is 314 g/mol. The highest BCUT2D eigenvalue weighted by atomic mass is 35.5. The summed E-state index contributed by atoms with van der Waals surface area (Å²) in [7, 11) is 0. The summed E-state index contributed by atoms with van der Waals surface area (Å²) in [5.41, 5.74) is -0.684. The minimum atomic E-state index is -3.21. The molecule has 0 unspecified atom stereocenters. The molecule has 0 aliphatic carbocycles. The summed E-state index contributed by atoms with van der Waals surface area (Å²) in [6.07, 6.45) is 2.29. The van der Waals surface area contributed by atoms with E-state index in [0.29, 0.717) is 29.8 Å². The van der Waals surface area contributed by atoms with Crippen LogP contribution in [-0.4, -0.2) is 15.8 Å². The molecule has 1 N–H and O–H groups in total. The van der Waals surface area contributed by atoms with E-state index in [-0.39, 0.29) is 6.42 Å². The number of hydrogen-bond donors (Lipinski definition) is 1. The number of unbranched alkanes of at least 4 members (excludes halogenated alkanes) is 3. The third-order valence-corrected chi connectivity index (χ3v) is 3.59. The Morgan fingerprint density at radius 3 is 2.62 bits per heavy atom. The van der Waals surface area contributed by atoms with E-state index in [4.69, 9.17) is 11.6 Å². The van der Waals surface area contributed by atoms with Crippen molar-refractivity contribution in [1.82, 2.24) is 9.97 Å². The number of H-pyrrole nitrogens is 1. The number of rotatable bonds is 7. The summed E-state index contributed by atoms with van der Waals surface area (Å²) in [5, 5.41) is 0. The van der Waals surface area contributed by atoms with E-state index >= 15 is 0 Å². The van der Waals surface area contributed by atoms with E-state index in [1.807, 2.05) is 0 Å². The first-order valence-electron chi connectivity index (χ1n) is 6.98. The smallest absolute Gasteiger partial charge is 0.295 e. The van der Waals surface area contributed by atoms with Crippen molar-refractivity contribution in [2.24, 2.45) is 0 Å². The summed E-state index contributed by atoms with van der Waals surface area (Å²) in [6, 6.07) is 6.65. The summed E-state index contributed by atoms with van der Waals surface area (Å²) in [6.45, 7) is 0. The van der Waals surface area contributed by atoms with E-state index in [0.717, 1.165) is 12.8 Å². The SMILES string of the molecule is O=c1[nH]c2ccccc2nc1C(F)(F)CCCCCCCl. The lowest BCUT2D eigenvalue weighted by Crippen LogP contribution is -2.27. The summed E-state index contributed by atoms with van der Waals surface area (Å²) < 4.78 is 28.3. The number of para-hydroxylation sites is 2. The van der Waals surface area contributed by atoms with E-state index in [1.165, 1.54) is 0 Å². The maximum absolute atomic E-state index is 14.1. The van der Waals surface area contributed by atoms with Gasteiger partial charge in [0.05, 0.1) is 11.0 Å². The van der Waals surface area contributed by atoms with E-state index in [1.54, 1.807) is 24.3 Å². The zero-order valence-corrected chi connectivity index (χ0v) is 12.3. The highest BCUT2D eigenvalue weighted by molar-refractivity contribution is 6.17. The number of halogens is 3. The molecule has 2 aromatic rings. The van der Waals surface area contributed by atoms with Crippen LogP contribution in [0.2, 0.25) is 0 Å². The van der Waals surface area contributed by atoms with Gasteiger partial charge in [0.25, 0.3) is 11.5 Å². The molecule has 0 saturated heterocycles. The van der Waals surface area contributed by atoms with Crippen LogP contribution < -0.4 is 5.56 Å². The van der Waals surface area contributed by atoms with Crippen molar-refractivity contribution < 1.29 is 8.78 Å². The minimum Gasteiger partial charge on any atom is -0.319 e. The molecule has 0 saturated carbocycles. The molecule has 2 rings (SSSR count). The lowest BCUT2D eigenvalue weighted by atomic mass is 10.1. The Hall–Kier alpha value is -1.49. The fraction of sp³-hybridized carbons (Fsp3) is 0.467. The molecule has 0 spiro atoms. The standard InChI is InChI=1S/C15H17ClF2N2O/c16-10-6-2-1-5-9-15(17,18)13-14(21)20-12-8-4-3-7-11(12)19-13/h3-4,7-8H,1-2,5-6,9-10H2,(H,20,21). The van der Waals surface area contributed by atoms with Gasteiger partial charge in [-0.15, -0.1) is 11.6 Å². The molecule has 0 bridgehead atoms. The average molecular weight is 315 g/mol. The van der Waals surface area contributed by atoms with Crippen LogP contribution in [-0.2, 0) is 5.92 Å². The van der Waals surface area contributed by atoms with Crippen LogP contribution in [0.3, 0.4) is 0 Å². The maximum atomic E-state index is 14.1. The first-order valence-corrected chi connectivity index (χ1v) is 7.51. The number of hydrogen-bond acceptors (Lipinski definition) is 2. The number of alkyl halides is 3. The number of fused-ring (bicyclic) bond motifs is 1. The summed E-state index contributed by atoms with van der Waals surface area (Å²) >= 11 is 5.54. The molecule has 1 aromatic heterocycles. The van der Waals surface area contributed by atoms with Crippen molar-refractivity contribution in [1.29, 1.82) is 0 Å². The predicted molar refractivity (Wildman–Crippen MR) is 80.1 cm³/mol. The molecule has 0 atom stereocenters. The molecule has 1 aromatic carbocycles. The fourth-order valence-electron chi connectivity index (χ4n) is 2.19. The second-order valence-corrected chi connectivity index (χ2v) is 5.37. The number of aromatic nitrogens is 2. The van der Waals surface area contributed by atoms with Crippen molar-refractivity contribution >= 4 is 22.6 Å². The number of benzene rings is 1. The first-order chi connectivity index (χ1) is 10.0. The largest absolute Gasteiger partial charge is 0.319 e. The number of aromatic amines is 1. The topological polar surface area (TPSA) is 45.8 Å². The molecule has 21 heavy (non-hydrogen) atoms. The van der Waals surface area contributed by atoms with Gasteiger partial charge in [-0.3, -0.25) is 4.79 Å². The van der Waals surface area contributed by atoms with Crippen LogP contribution in [0.1, 0.15) is 37.8 Å². The van der Waals surface area contributed by atoms with Crippen LogP contribution in [0.15, 0.2) is 29.1 Å². The molecule has 1 heterocycles. The molecular weight excluding hydrogens is 298 g/mol. The summed E-state index contributed by atoms with van der Waals surface area (Å²) in [5.74, 6) is -2.67. The predicted octanol–water partition coefficient (Wildman–Crippen LogP) is 4.20. The number of nitrogens with zero attached hydrogens (tertiary/aromatic N) is 1. The van der Waals surface area contributed by atoms with Crippen LogP contribution in [0.25, 0.3) is 11.0 Å². The third kappa shape index (κ3) is 4.00. The Morgan fingerprint density at radius 1 is 1.14 bits per heavy atom. The van der Waals surface area contributed by atoms with E-state index in [9.17, 15) is 13.6 Å². The highest BCUT2D eigenvalue weighted by Gasteiger charge is 2.35. The van der Waals surface area contributed by atoms with Gasteiger partial charge < -0.3 is 4.98 Å². The van der Waals surface area contributed by atoms with Gasteiger partial charge in [-0.25, -0.2) is 4.98 Å². The lowest BCUT2D eigenvalue weighted by Gasteiger charge is -2.15. The quantitative estimate of drug-likeness (QED) is 0.615. The van der Waals surface area contributed by atoms with Gasteiger partial charge in [0.15, 0.2) is 5.69 Å². The highest BCUT2D eigenvalue weighted by Crippen LogP contribution is 2.31. The van der Waals surface area contributed by atoms with Gasteiger partial charge in [-0.1, -0.05) is 25.0 Å². The molecular formula is C15H17ClF2N2O. The van der Waals surface area contributed by atoms with Gasteiger partial charge in [-0.05, 0) is 25.0 Å². The molecule has 0 aliphatic rings. The van der Waals surface area contributed by atoms with Gasteiger partial charge >= 0.3 is 0 Å². The zero-order chi connectivity index (χ0) is 15.3. The Kier molecular flexibility index (Phi) is 5.28. The van der Waals surface area contributed by atoms with Crippen molar-refractivity contribution in [3.63, 3.8) is 0 Å². The van der Waals surface area contributed by atoms with Crippen molar-refractivity contribution in [3.8, 4) is 0 Å². The van der Waals surface area contributed by atoms with Crippen LogP contribution in [0.4, 0.5) is 8.78 Å². The second-order valence-electron chi connectivity index (χ2n) is 4.99. The van der Waals surface area contributed by atoms with Gasteiger partial charge in [0.2, 0.25) is 0 Å². The lowest BCUT2D eigenvalue weighted by molar-refractivity contribution is -0.0213. The van der Waals surface area contributed by atoms with Gasteiger partial charge in [-0.2, -0.15) is 8.78 Å². The molecule has 0 amide bonds. The van der Waals surface area contributed by atoms with Crippen LogP contribution in [0, 0.1) is 0 Å². The number of nitrogens with one attached hydrogen (secondary N) is 1. The molecule has 114 valence electrons. The minimum absolute atomic E-state index is 0.345.